The van der Waals surface area contributed by atoms with Crippen LogP contribution in [-0.4, -0.2) is 25.7 Å². The van der Waals surface area contributed by atoms with E-state index in [0.29, 0.717) is 12.2 Å². The molecule has 0 saturated heterocycles. The fourth-order valence-electron chi connectivity index (χ4n) is 1.93. The van der Waals surface area contributed by atoms with E-state index >= 15 is 0 Å². The molecule has 0 heterocycles. The van der Waals surface area contributed by atoms with Crippen LogP contribution in [0.4, 0.5) is 15.8 Å². The minimum absolute atomic E-state index is 0.292. The van der Waals surface area contributed by atoms with Crippen molar-refractivity contribution in [3.05, 3.63) is 59.9 Å². The summed E-state index contributed by atoms with van der Waals surface area (Å²) in [6, 6.07) is 13.9. The third-order valence-electron chi connectivity index (χ3n) is 3.12. The van der Waals surface area contributed by atoms with Crippen molar-refractivity contribution in [3.8, 4) is 0 Å². The van der Waals surface area contributed by atoms with Crippen molar-refractivity contribution >= 4 is 11.4 Å². The van der Waals surface area contributed by atoms with E-state index in [-0.39, 0.29) is 5.82 Å². The third kappa shape index (κ3) is 3.71. The first-order valence-electron chi connectivity index (χ1n) is 6.51. The van der Waals surface area contributed by atoms with Gasteiger partial charge in [0.05, 0.1) is 6.10 Å². The number of halogens is 1. The predicted octanol–water partition coefficient (Wildman–Crippen LogP) is 3.04. The molecule has 2 aromatic carbocycles. The van der Waals surface area contributed by atoms with Gasteiger partial charge in [0.25, 0.3) is 0 Å². The van der Waals surface area contributed by atoms with Crippen molar-refractivity contribution in [3.63, 3.8) is 0 Å². The Hall–Kier alpha value is -2.07. The Kier molecular flexibility index (Phi) is 4.58. The molecular formula is C16H19FN2O. The summed E-state index contributed by atoms with van der Waals surface area (Å²) in [6.07, 6.45) is -0.630. The van der Waals surface area contributed by atoms with Gasteiger partial charge in [-0.15, -0.1) is 0 Å². The topological polar surface area (TPSA) is 35.5 Å². The number of aliphatic hydroxyl groups excluding tert-OH is 1. The monoisotopic (exact) mass is 274 g/mol. The van der Waals surface area contributed by atoms with Crippen LogP contribution in [0.25, 0.3) is 0 Å². The summed E-state index contributed by atoms with van der Waals surface area (Å²) in [7, 11) is 3.94. The second-order valence-corrected chi connectivity index (χ2v) is 4.89. The zero-order valence-electron chi connectivity index (χ0n) is 11.7. The van der Waals surface area contributed by atoms with Gasteiger partial charge >= 0.3 is 0 Å². The lowest BCUT2D eigenvalue weighted by Crippen LogP contribution is -2.13. The van der Waals surface area contributed by atoms with Gasteiger partial charge in [-0.3, -0.25) is 0 Å². The summed E-state index contributed by atoms with van der Waals surface area (Å²) in [5, 5.41) is 13.1. The largest absolute Gasteiger partial charge is 0.387 e. The van der Waals surface area contributed by atoms with Crippen molar-refractivity contribution in [2.45, 2.75) is 6.10 Å². The molecule has 0 aliphatic rings. The first-order chi connectivity index (χ1) is 9.56. The second kappa shape index (κ2) is 6.39. The van der Waals surface area contributed by atoms with Gasteiger partial charge in [0.2, 0.25) is 0 Å². The minimum Gasteiger partial charge on any atom is -0.387 e. The molecule has 2 rings (SSSR count). The molecule has 4 heteroatoms. The van der Waals surface area contributed by atoms with Gasteiger partial charge in [0.1, 0.15) is 5.82 Å². The predicted molar refractivity (Wildman–Crippen MR) is 80.6 cm³/mol. The zero-order valence-corrected chi connectivity index (χ0v) is 11.7. The summed E-state index contributed by atoms with van der Waals surface area (Å²) in [5.74, 6) is -0.292. The van der Waals surface area contributed by atoms with E-state index in [2.05, 4.69) is 5.32 Å². The molecule has 0 saturated carbocycles. The van der Waals surface area contributed by atoms with Gasteiger partial charge in [0, 0.05) is 32.0 Å². The minimum atomic E-state index is -0.630. The second-order valence-electron chi connectivity index (χ2n) is 4.89. The van der Waals surface area contributed by atoms with Crippen molar-refractivity contribution in [2.24, 2.45) is 0 Å². The van der Waals surface area contributed by atoms with Gasteiger partial charge in [-0.25, -0.2) is 4.39 Å². The number of nitrogens with zero attached hydrogens (tertiary/aromatic N) is 1. The molecule has 0 aromatic heterocycles. The zero-order chi connectivity index (χ0) is 14.5. The van der Waals surface area contributed by atoms with Gasteiger partial charge in [0.15, 0.2) is 0 Å². The number of anilines is 2. The average Bonchev–Trinajstić information content (AvgIpc) is 2.45. The maximum Gasteiger partial charge on any atom is 0.125 e. The summed E-state index contributed by atoms with van der Waals surface area (Å²) in [5.41, 5.74) is 2.58. The summed E-state index contributed by atoms with van der Waals surface area (Å²) < 4.78 is 13.0. The maximum atomic E-state index is 13.0. The third-order valence-corrected chi connectivity index (χ3v) is 3.12. The number of hydrogen-bond acceptors (Lipinski definition) is 3. The molecule has 106 valence electrons. The molecule has 0 bridgehead atoms. The van der Waals surface area contributed by atoms with Crippen LogP contribution in [0.3, 0.4) is 0 Å². The van der Waals surface area contributed by atoms with E-state index in [1.165, 1.54) is 12.1 Å². The van der Waals surface area contributed by atoms with Gasteiger partial charge in [-0.2, -0.15) is 0 Å². The van der Waals surface area contributed by atoms with Crippen LogP contribution in [0.5, 0.6) is 0 Å². The molecule has 3 nitrogen and oxygen atoms in total. The Labute approximate surface area is 118 Å². The van der Waals surface area contributed by atoms with Crippen LogP contribution >= 0.6 is 0 Å². The molecule has 1 atom stereocenters. The molecule has 20 heavy (non-hydrogen) atoms. The Morgan fingerprint density at radius 1 is 1.15 bits per heavy atom. The van der Waals surface area contributed by atoms with Crippen LogP contribution < -0.4 is 10.2 Å². The SMILES string of the molecule is CN(C)c1ccc(C(O)CNc2cccc(F)c2)cc1. The molecule has 2 aromatic rings. The fourth-order valence-corrected chi connectivity index (χ4v) is 1.93. The van der Waals surface area contributed by atoms with Crippen molar-refractivity contribution < 1.29 is 9.50 Å². The van der Waals surface area contributed by atoms with E-state index in [1.54, 1.807) is 12.1 Å². The van der Waals surface area contributed by atoms with Gasteiger partial charge in [-0.1, -0.05) is 18.2 Å². The highest BCUT2D eigenvalue weighted by Crippen LogP contribution is 2.19. The van der Waals surface area contributed by atoms with Gasteiger partial charge in [-0.05, 0) is 35.9 Å². The average molecular weight is 274 g/mol. The molecule has 0 spiro atoms. The molecule has 2 N–H and O–H groups in total. The van der Waals surface area contributed by atoms with E-state index in [9.17, 15) is 9.50 Å². The molecule has 0 aliphatic heterocycles. The van der Waals surface area contributed by atoms with Crippen LogP contribution in [0.1, 0.15) is 11.7 Å². The number of hydrogen-bond donors (Lipinski definition) is 2. The smallest absolute Gasteiger partial charge is 0.125 e. The summed E-state index contributed by atoms with van der Waals surface area (Å²) >= 11 is 0. The first-order valence-corrected chi connectivity index (χ1v) is 6.51. The molecular weight excluding hydrogens is 255 g/mol. The standard InChI is InChI=1S/C16H19FN2O/c1-19(2)15-8-6-12(7-9-15)16(20)11-18-14-5-3-4-13(17)10-14/h3-10,16,18,20H,11H2,1-2H3. The quantitative estimate of drug-likeness (QED) is 0.879. The normalized spacial score (nSPS) is 12.0. The highest BCUT2D eigenvalue weighted by molar-refractivity contribution is 5.47. The maximum absolute atomic E-state index is 13.0. The Morgan fingerprint density at radius 2 is 1.85 bits per heavy atom. The van der Waals surface area contributed by atoms with E-state index < -0.39 is 6.10 Å². The fraction of sp³-hybridized carbons (Fsp3) is 0.250. The lowest BCUT2D eigenvalue weighted by Gasteiger charge is -2.16. The number of aliphatic hydroxyl groups is 1. The molecule has 0 radical (unpaired) electrons. The van der Waals surface area contributed by atoms with Crippen LogP contribution in [0.2, 0.25) is 0 Å². The molecule has 0 fully saturated rings. The van der Waals surface area contributed by atoms with Crippen LogP contribution in [0, 0.1) is 5.82 Å². The summed E-state index contributed by atoms with van der Waals surface area (Å²) in [4.78, 5) is 2.00. The summed E-state index contributed by atoms with van der Waals surface area (Å²) in [6.45, 7) is 0.338. The van der Waals surface area contributed by atoms with Crippen molar-refractivity contribution in [2.75, 3.05) is 30.9 Å². The molecule has 0 amide bonds. The highest BCUT2D eigenvalue weighted by atomic mass is 19.1. The highest BCUT2D eigenvalue weighted by Gasteiger charge is 2.07. The molecule has 1 unspecified atom stereocenters. The Balaban J connectivity index is 1.96. The number of rotatable bonds is 5. The van der Waals surface area contributed by atoms with Gasteiger partial charge < -0.3 is 15.3 Å². The lowest BCUT2D eigenvalue weighted by molar-refractivity contribution is 0.191. The van der Waals surface area contributed by atoms with Crippen molar-refractivity contribution in [1.29, 1.82) is 0 Å². The van der Waals surface area contributed by atoms with E-state index in [4.69, 9.17) is 0 Å². The first kappa shape index (κ1) is 14.3. The Bertz CT molecular complexity index is 555. The lowest BCUT2D eigenvalue weighted by atomic mass is 10.1. The van der Waals surface area contributed by atoms with Crippen LogP contribution in [-0.2, 0) is 0 Å². The number of nitrogens with one attached hydrogen (secondary N) is 1. The Morgan fingerprint density at radius 3 is 2.45 bits per heavy atom. The van der Waals surface area contributed by atoms with Crippen molar-refractivity contribution in [1.82, 2.24) is 0 Å². The van der Waals surface area contributed by atoms with E-state index in [1.807, 2.05) is 43.3 Å². The van der Waals surface area contributed by atoms with Crippen LogP contribution in [0.15, 0.2) is 48.5 Å². The molecule has 0 aliphatic carbocycles. The number of benzene rings is 2. The van der Waals surface area contributed by atoms with E-state index in [0.717, 1.165) is 11.3 Å².